The minimum absolute atomic E-state index is 0.120. The summed E-state index contributed by atoms with van der Waals surface area (Å²) >= 11 is 0. The fourth-order valence-electron chi connectivity index (χ4n) is 2.31. The van der Waals surface area contributed by atoms with Gasteiger partial charge in [-0.05, 0) is 32.6 Å². The highest BCUT2D eigenvalue weighted by Gasteiger charge is 2.17. The summed E-state index contributed by atoms with van der Waals surface area (Å²) in [5.41, 5.74) is 5.76. The van der Waals surface area contributed by atoms with Gasteiger partial charge in [-0.2, -0.15) is 0 Å². The fraction of sp³-hybridized carbons (Fsp3) is 0.714. The number of anilines is 2. The summed E-state index contributed by atoms with van der Waals surface area (Å²) in [7, 11) is 0. The number of hydrogen-bond donors (Lipinski definition) is 2. The molecule has 1 fully saturated rings. The van der Waals surface area contributed by atoms with E-state index in [4.69, 9.17) is 5.73 Å². The van der Waals surface area contributed by atoms with E-state index in [0.29, 0.717) is 0 Å². The number of nitrogens with two attached hydrogens (primary N) is 1. The zero-order valence-corrected chi connectivity index (χ0v) is 12.2. The lowest BCUT2D eigenvalue weighted by Crippen LogP contribution is -2.33. The molecule has 2 rings (SSSR count). The third-order valence-corrected chi connectivity index (χ3v) is 3.54. The lowest BCUT2D eigenvalue weighted by molar-refractivity contribution is 0.436. The number of hydrogen-bond acceptors (Lipinski definition) is 5. The lowest BCUT2D eigenvalue weighted by atomic mass is 9.99. The van der Waals surface area contributed by atoms with Crippen LogP contribution in [0.4, 0.5) is 11.6 Å². The normalized spacial score (nSPS) is 18.4. The molecule has 1 saturated heterocycles. The maximum atomic E-state index is 5.76. The predicted molar refractivity (Wildman–Crippen MR) is 79.5 cm³/mol. The van der Waals surface area contributed by atoms with Gasteiger partial charge in [0, 0.05) is 31.7 Å². The molecule has 1 atom stereocenters. The Morgan fingerprint density at radius 3 is 2.74 bits per heavy atom. The van der Waals surface area contributed by atoms with E-state index in [0.717, 1.165) is 43.0 Å². The molecule has 0 spiro atoms. The van der Waals surface area contributed by atoms with Crippen molar-refractivity contribution in [2.45, 2.75) is 39.7 Å². The van der Waals surface area contributed by atoms with E-state index in [1.54, 1.807) is 0 Å². The summed E-state index contributed by atoms with van der Waals surface area (Å²) in [5.74, 6) is 3.54. The van der Waals surface area contributed by atoms with Gasteiger partial charge in [-0.1, -0.05) is 6.92 Å². The van der Waals surface area contributed by atoms with Crippen molar-refractivity contribution in [2.24, 2.45) is 11.7 Å². The average molecular weight is 263 g/mol. The van der Waals surface area contributed by atoms with Crippen molar-refractivity contribution >= 4 is 11.6 Å². The third kappa shape index (κ3) is 4.06. The number of nitrogens with one attached hydrogen (secondary N) is 1. The summed E-state index contributed by atoms with van der Waals surface area (Å²) in [6, 6.07) is 2.15. The maximum Gasteiger partial charge on any atom is 0.134 e. The van der Waals surface area contributed by atoms with Gasteiger partial charge in [-0.15, -0.1) is 0 Å². The molecule has 3 N–H and O–H groups in total. The molecule has 1 aromatic rings. The van der Waals surface area contributed by atoms with Crippen molar-refractivity contribution in [1.29, 1.82) is 0 Å². The average Bonchev–Trinajstić information content (AvgIpc) is 2.36. The maximum absolute atomic E-state index is 5.76. The molecule has 1 aliphatic rings. The minimum atomic E-state index is 0.120. The van der Waals surface area contributed by atoms with Gasteiger partial charge in [0.1, 0.15) is 17.5 Å². The first kappa shape index (κ1) is 14.1. The van der Waals surface area contributed by atoms with Crippen molar-refractivity contribution < 1.29 is 0 Å². The molecule has 2 heterocycles. The molecule has 0 radical (unpaired) electrons. The smallest absolute Gasteiger partial charge is 0.134 e. The van der Waals surface area contributed by atoms with Crippen LogP contribution in [0.5, 0.6) is 0 Å². The van der Waals surface area contributed by atoms with E-state index >= 15 is 0 Å². The number of rotatable bonds is 4. The monoisotopic (exact) mass is 263 g/mol. The first-order valence-electron chi connectivity index (χ1n) is 7.14. The molecule has 0 saturated carbocycles. The number of nitrogens with zero attached hydrogens (tertiary/aromatic N) is 3. The summed E-state index contributed by atoms with van der Waals surface area (Å²) in [6.07, 6.45) is 2.48. The van der Waals surface area contributed by atoms with E-state index in [1.165, 1.54) is 12.8 Å². The van der Waals surface area contributed by atoms with Crippen LogP contribution in [0.2, 0.25) is 0 Å². The zero-order chi connectivity index (χ0) is 13.8. The molecule has 0 aromatic carbocycles. The van der Waals surface area contributed by atoms with Crippen molar-refractivity contribution in [3.05, 3.63) is 11.9 Å². The molecular formula is C14H25N5. The van der Waals surface area contributed by atoms with Crippen LogP contribution in [0.3, 0.4) is 0 Å². The number of piperidine rings is 1. The van der Waals surface area contributed by atoms with Gasteiger partial charge < -0.3 is 16.0 Å². The lowest BCUT2D eigenvalue weighted by Gasteiger charge is -2.31. The van der Waals surface area contributed by atoms with Crippen LogP contribution in [0.25, 0.3) is 0 Å². The second kappa shape index (κ2) is 6.19. The molecule has 1 unspecified atom stereocenters. The summed E-state index contributed by atoms with van der Waals surface area (Å²) in [5, 5.41) is 3.27. The largest absolute Gasteiger partial charge is 0.368 e. The van der Waals surface area contributed by atoms with Crippen LogP contribution in [0.15, 0.2) is 6.07 Å². The van der Waals surface area contributed by atoms with Gasteiger partial charge in [-0.25, -0.2) is 9.97 Å². The number of aromatic nitrogens is 2. The molecular weight excluding hydrogens is 238 g/mol. The van der Waals surface area contributed by atoms with Gasteiger partial charge in [0.15, 0.2) is 0 Å². The highest BCUT2D eigenvalue weighted by molar-refractivity contribution is 5.49. The van der Waals surface area contributed by atoms with Crippen molar-refractivity contribution in [3.63, 3.8) is 0 Å². The Kier molecular flexibility index (Phi) is 4.58. The molecule has 106 valence electrons. The number of aryl methyl sites for hydroxylation is 1. The van der Waals surface area contributed by atoms with Crippen molar-refractivity contribution in [1.82, 2.24) is 9.97 Å². The van der Waals surface area contributed by atoms with Gasteiger partial charge in [0.05, 0.1) is 0 Å². The predicted octanol–water partition coefficient (Wildman–Crippen LogP) is 1.78. The second-order valence-electron chi connectivity index (χ2n) is 5.69. The molecule has 5 heteroatoms. The standard InChI is InChI=1S/C14H25N5/c1-10-4-6-19(7-5-10)14-8-13(16-9-11(2)15)17-12(3)18-14/h8,10-11H,4-7,9,15H2,1-3H3,(H,16,17,18). The molecule has 19 heavy (non-hydrogen) atoms. The van der Waals surface area contributed by atoms with Crippen LogP contribution < -0.4 is 16.0 Å². The Morgan fingerprint density at radius 1 is 1.42 bits per heavy atom. The van der Waals surface area contributed by atoms with Crippen LogP contribution >= 0.6 is 0 Å². The summed E-state index contributed by atoms with van der Waals surface area (Å²) in [6.45, 7) is 9.14. The van der Waals surface area contributed by atoms with Crippen LogP contribution in [-0.2, 0) is 0 Å². The van der Waals surface area contributed by atoms with E-state index in [9.17, 15) is 0 Å². The Labute approximate surface area is 115 Å². The first-order valence-corrected chi connectivity index (χ1v) is 7.14. The highest BCUT2D eigenvalue weighted by Crippen LogP contribution is 2.23. The fourth-order valence-corrected chi connectivity index (χ4v) is 2.31. The molecule has 0 bridgehead atoms. The van der Waals surface area contributed by atoms with Crippen LogP contribution in [0, 0.1) is 12.8 Å². The van der Waals surface area contributed by atoms with E-state index in [-0.39, 0.29) is 6.04 Å². The van der Waals surface area contributed by atoms with E-state index < -0.39 is 0 Å². The highest BCUT2D eigenvalue weighted by atomic mass is 15.2. The van der Waals surface area contributed by atoms with Crippen molar-refractivity contribution in [3.8, 4) is 0 Å². The Morgan fingerprint density at radius 2 is 2.11 bits per heavy atom. The molecule has 1 aliphatic heterocycles. The molecule has 0 aliphatic carbocycles. The zero-order valence-electron chi connectivity index (χ0n) is 12.2. The molecule has 0 amide bonds. The van der Waals surface area contributed by atoms with Crippen molar-refractivity contribution in [2.75, 3.05) is 29.9 Å². The van der Waals surface area contributed by atoms with Gasteiger partial charge in [0.2, 0.25) is 0 Å². The van der Waals surface area contributed by atoms with Gasteiger partial charge >= 0.3 is 0 Å². The van der Waals surface area contributed by atoms with Gasteiger partial charge in [-0.3, -0.25) is 0 Å². The van der Waals surface area contributed by atoms with Crippen LogP contribution in [-0.4, -0.2) is 35.6 Å². The Bertz CT molecular complexity index is 410. The quantitative estimate of drug-likeness (QED) is 0.866. The van der Waals surface area contributed by atoms with E-state index in [1.807, 2.05) is 19.9 Å². The third-order valence-electron chi connectivity index (χ3n) is 3.54. The summed E-state index contributed by atoms with van der Waals surface area (Å²) in [4.78, 5) is 11.3. The first-order chi connectivity index (χ1) is 9.04. The topological polar surface area (TPSA) is 67.1 Å². The van der Waals surface area contributed by atoms with Crippen LogP contribution in [0.1, 0.15) is 32.5 Å². The molecule has 1 aromatic heterocycles. The molecule has 5 nitrogen and oxygen atoms in total. The summed E-state index contributed by atoms with van der Waals surface area (Å²) < 4.78 is 0. The van der Waals surface area contributed by atoms with Gasteiger partial charge in [0.25, 0.3) is 0 Å². The Balaban J connectivity index is 2.07. The Hall–Kier alpha value is -1.36. The van der Waals surface area contributed by atoms with E-state index in [2.05, 4.69) is 27.1 Å². The minimum Gasteiger partial charge on any atom is -0.368 e. The SMILES string of the molecule is Cc1nc(NCC(C)N)cc(N2CCC(C)CC2)n1. The second-order valence-corrected chi connectivity index (χ2v) is 5.69.